The van der Waals surface area contributed by atoms with Gasteiger partial charge in [0.25, 0.3) is 5.56 Å². The highest BCUT2D eigenvalue weighted by molar-refractivity contribution is 4.95. The smallest absolute Gasteiger partial charge is 0.253 e. The Labute approximate surface area is 108 Å². The van der Waals surface area contributed by atoms with E-state index in [0.717, 1.165) is 44.8 Å². The zero-order valence-electron chi connectivity index (χ0n) is 11.3. The molecule has 1 heterocycles. The van der Waals surface area contributed by atoms with E-state index in [9.17, 15) is 4.79 Å². The number of hydrogen-bond donors (Lipinski definition) is 1. The zero-order chi connectivity index (χ0) is 13.2. The first-order chi connectivity index (χ1) is 8.74. The van der Waals surface area contributed by atoms with Crippen LogP contribution in [-0.2, 0) is 11.3 Å². The molecule has 0 atom stereocenters. The molecule has 102 valence electrons. The van der Waals surface area contributed by atoms with Gasteiger partial charge in [-0.05, 0) is 13.3 Å². The maximum Gasteiger partial charge on any atom is 0.253 e. The molecule has 0 bridgehead atoms. The van der Waals surface area contributed by atoms with Gasteiger partial charge in [0.05, 0.1) is 12.9 Å². The van der Waals surface area contributed by atoms with Gasteiger partial charge in [-0.25, -0.2) is 4.98 Å². The van der Waals surface area contributed by atoms with Crippen LogP contribution in [0.4, 0.5) is 0 Å². The lowest BCUT2D eigenvalue weighted by atomic mass is 10.4. The predicted molar refractivity (Wildman–Crippen MR) is 71.8 cm³/mol. The Kier molecular flexibility index (Phi) is 7.29. The highest BCUT2D eigenvalue weighted by Gasteiger charge is 1.96. The van der Waals surface area contributed by atoms with Crippen LogP contribution < -0.4 is 10.9 Å². The lowest BCUT2D eigenvalue weighted by molar-refractivity contribution is 0.133. The van der Waals surface area contributed by atoms with Crippen LogP contribution in [-0.4, -0.2) is 35.9 Å². The molecule has 0 fully saturated rings. The number of aromatic nitrogens is 2. The van der Waals surface area contributed by atoms with Gasteiger partial charge < -0.3 is 10.1 Å². The second kappa shape index (κ2) is 8.83. The summed E-state index contributed by atoms with van der Waals surface area (Å²) in [5.74, 6) is 0. The lowest BCUT2D eigenvalue weighted by Crippen LogP contribution is -2.29. The van der Waals surface area contributed by atoms with Crippen molar-refractivity contribution in [2.24, 2.45) is 0 Å². The Bertz CT molecular complexity index is 390. The fourth-order valence-corrected chi connectivity index (χ4v) is 1.50. The molecule has 1 N–H and O–H groups in total. The first-order valence-electron chi connectivity index (χ1n) is 6.55. The first-order valence-corrected chi connectivity index (χ1v) is 6.55. The standard InChI is InChI=1S/C13H23N3O2/c1-3-4-8-18-9-6-14-5-7-16-11-15-12(2)10-13(16)17/h10-11,14H,3-9H2,1-2H3. The predicted octanol–water partition coefficient (Wildman–Crippen LogP) is 0.958. The summed E-state index contributed by atoms with van der Waals surface area (Å²) in [5, 5.41) is 3.24. The Balaban J connectivity index is 2.09. The maximum absolute atomic E-state index is 11.5. The summed E-state index contributed by atoms with van der Waals surface area (Å²) in [6.07, 6.45) is 3.87. The number of hydrogen-bond acceptors (Lipinski definition) is 4. The lowest BCUT2D eigenvalue weighted by Gasteiger charge is -2.07. The molecule has 0 spiro atoms. The largest absolute Gasteiger partial charge is 0.380 e. The maximum atomic E-state index is 11.5. The van der Waals surface area contributed by atoms with Crippen molar-refractivity contribution in [1.29, 1.82) is 0 Å². The molecule has 5 nitrogen and oxygen atoms in total. The van der Waals surface area contributed by atoms with E-state index >= 15 is 0 Å². The van der Waals surface area contributed by atoms with Crippen molar-refractivity contribution in [2.75, 3.05) is 26.3 Å². The van der Waals surface area contributed by atoms with Crippen molar-refractivity contribution in [3.63, 3.8) is 0 Å². The highest BCUT2D eigenvalue weighted by Crippen LogP contribution is 1.87. The fraction of sp³-hybridized carbons (Fsp3) is 0.692. The van der Waals surface area contributed by atoms with Crippen LogP contribution in [0.2, 0.25) is 0 Å². The zero-order valence-corrected chi connectivity index (χ0v) is 11.3. The molecule has 0 radical (unpaired) electrons. The number of unbranched alkanes of at least 4 members (excludes halogenated alkanes) is 1. The number of nitrogens with zero attached hydrogens (tertiary/aromatic N) is 2. The topological polar surface area (TPSA) is 56.1 Å². The van der Waals surface area contributed by atoms with Crippen LogP contribution >= 0.6 is 0 Å². The Morgan fingerprint density at radius 3 is 2.94 bits per heavy atom. The second-order valence-corrected chi connectivity index (χ2v) is 4.28. The first kappa shape index (κ1) is 14.9. The molecular weight excluding hydrogens is 230 g/mol. The third-order valence-corrected chi connectivity index (χ3v) is 2.61. The summed E-state index contributed by atoms with van der Waals surface area (Å²) in [4.78, 5) is 15.6. The van der Waals surface area contributed by atoms with E-state index in [0.29, 0.717) is 6.54 Å². The molecule has 0 aliphatic rings. The summed E-state index contributed by atoms with van der Waals surface area (Å²) in [6.45, 7) is 7.73. The van der Waals surface area contributed by atoms with Gasteiger partial charge in [-0.2, -0.15) is 0 Å². The summed E-state index contributed by atoms with van der Waals surface area (Å²) < 4.78 is 7.03. The SMILES string of the molecule is CCCCOCCNCCn1cnc(C)cc1=O. The normalized spacial score (nSPS) is 10.8. The van der Waals surface area contributed by atoms with Crippen LogP contribution in [0.3, 0.4) is 0 Å². The monoisotopic (exact) mass is 253 g/mol. The van der Waals surface area contributed by atoms with Gasteiger partial charge in [-0.3, -0.25) is 9.36 Å². The summed E-state index contributed by atoms with van der Waals surface area (Å²) in [5.41, 5.74) is 0.761. The van der Waals surface area contributed by atoms with Crippen LogP contribution in [0.5, 0.6) is 0 Å². The Morgan fingerprint density at radius 1 is 1.39 bits per heavy atom. The third kappa shape index (κ3) is 5.93. The van der Waals surface area contributed by atoms with Crippen molar-refractivity contribution in [1.82, 2.24) is 14.9 Å². The summed E-state index contributed by atoms with van der Waals surface area (Å²) in [7, 11) is 0. The van der Waals surface area contributed by atoms with Crippen molar-refractivity contribution in [3.05, 3.63) is 28.4 Å². The number of ether oxygens (including phenoxy) is 1. The number of rotatable bonds is 9. The van der Waals surface area contributed by atoms with E-state index in [1.165, 1.54) is 0 Å². The molecule has 0 aliphatic heterocycles. The molecule has 18 heavy (non-hydrogen) atoms. The van der Waals surface area contributed by atoms with E-state index in [-0.39, 0.29) is 5.56 Å². The van der Waals surface area contributed by atoms with Crippen LogP contribution in [0.1, 0.15) is 25.5 Å². The Hall–Kier alpha value is -1.20. The molecule has 1 aromatic rings. The second-order valence-electron chi connectivity index (χ2n) is 4.28. The molecule has 5 heteroatoms. The van der Waals surface area contributed by atoms with E-state index < -0.39 is 0 Å². The van der Waals surface area contributed by atoms with Crippen molar-refractivity contribution >= 4 is 0 Å². The van der Waals surface area contributed by atoms with Crippen molar-refractivity contribution < 1.29 is 4.74 Å². The molecule has 0 aromatic carbocycles. The average Bonchev–Trinajstić information content (AvgIpc) is 2.35. The molecule has 0 saturated heterocycles. The molecule has 1 rings (SSSR count). The van der Waals surface area contributed by atoms with Crippen LogP contribution in [0, 0.1) is 6.92 Å². The average molecular weight is 253 g/mol. The van der Waals surface area contributed by atoms with Crippen LogP contribution in [0.25, 0.3) is 0 Å². The Morgan fingerprint density at radius 2 is 2.22 bits per heavy atom. The van der Waals surface area contributed by atoms with Gasteiger partial charge in [0.15, 0.2) is 0 Å². The molecule has 0 saturated carbocycles. The highest BCUT2D eigenvalue weighted by atomic mass is 16.5. The number of aryl methyl sites for hydroxylation is 1. The van der Waals surface area contributed by atoms with Gasteiger partial charge in [-0.1, -0.05) is 13.3 Å². The molecule has 0 aliphatic carbocycles. The minimum Gasteiger partial charge on any atom is -0.380 e. The third-order valence-electron chi connectivity index (χ3n) is 2.61. The molecule has 1 aromatic heterocycles. The fourth-order valence-electron chi connectivity index (χ4n) is 1.50. The summed E-state index contributed by atoms with van der Waals surface area (Å²) in [6, 6.07) is 1.55. The minimum absolute atomic E-state index is 0.00324. The minimum atomic E-state index is 0.00324. The number of nitrogens with one attached hydrogen (secondary N) is 1. The molecular formula is C13H23N3O2. The van der Waals surface area contributed by atoms with Crippen molar-refractivity contribution in [3.8, 4) is 0 Å². The molecule has 0 amide bonds. The van der Waals surface area contributed by atoms with Gasteiger partial charge in [0.1, 0.15) is 0 Å². The van der Waals surface area contributed by atoms with Crippen molar-refractivity contribution in [2.45, 2.75) is 33.2 Å². The van der Waals surface area contributed by atoms with E-state index in [1.54, 1.807) is 17.0 Å². The quantitative estimate of drug-likeness (QED) is 0.666. The van der Waals surface area contributed by atoms with Crippen LogP contribution in [0.15, 0.2) is 17.2 Å². The van der Waals surface area contributed by atoms with E-state index in [2.05, 4.69) is 17.2 Å². The summed E-state index contributed by atoms with van der Waals surface area (Å²) >= 11 is 0. The van der Waals surface area contributed by atoms with E-state index in [4.69, 9.17) is 4.74 Å². The van der Waals surface area contributed by atoms with Gasteiger partial charge in [0.2, 0.25) is 0 Å². The van der Waals surface area contributed by atoms with E-state index in [1.807, 2.05) is 6.92 Å². The molecule has 0 unspecified atom stereocenters. The van der Waals surface area contributed by atoms with Gasteiger partial charge in [-0.15, -0.1) is 0 Å². The van der Waals surface area contributed by atoms with Gasteiger partial charge >= 0.3 is 0 Å². The van der Waals surface area contributed by atoms with Gasteiger partial charge in [0, 0.05) is 38.0 Å².